The Morgan fingerprint density at radius 1 is 1.12 bits per heavy atom. The van der Waals surface area contributed by atoms with Crippen LogP contribution in [-0.2, 0) is 15.9 Å². The third kappa shape index (κ3) is 4.00. The van der Waals surface area contributed by atoms with Crippen LogP contribution < -0.4 is 0 Å². The molecule has 0 radical (unpaired) electrons. The van der Waals surface area contributed by atoms with E-state index in [1.807, 2.05) is 0 Å². The Labute approximate surface area is 143 Å². The van der Waals surface area contributed by atoms with Gasteiger partial charge >= 0.3 is 0 Å². The van der Waals surface area contributed by atoms with Crippen LogP contribution in [0.1, 0.15) is 5.69 Å². The average Bonchev–Trinajstić information content (AvgIpc) is 3.11. The van der Waals surface area contributed by atoms with Gasteiger partial charge in [0, 0.05) is 18.8 Å². The minimum absolute atomic E-state index is 0.151. The second-order valence-corrected chi connectivity index (χ2v) is 5.68. The Hall–Kier alpha value is -1.95. The maximum Gasteiger partial charge on any atom is 0.186 e. The van der Waals surface area contributed by atoms with Crippen LogP contribution in [0.2, 0.25) is 0 Å². The topological polar surface area (TPSA) is 143 Å². The zero-order chi connectivity index (χ0) is 17.8. The van der Waals surface area contributed by atoms with Crippen molar-refractivity contribution in [2.75, 3.05) is 13.2 Å². The largest absolute Gasteiger partial charge is 0.394 e. The molecule has 0 unspecified atom stereocenters. The molecule has 4 N–H and O–H groups in total. The second kappa shape index (κ2) is 7.95. The quantitative estimate of drug-likeness (QED) is 0.465. The third-order valence-electron chi connectivity index (χ3n) is 3.96. The lowest BCUT2D eigenvalue weighted by Gasteiger charge is -2.39. The number of hydrogen-bond acceptors (Lipinski definition) is 9. The normalized spacial score (nSPS) is 29.7. The van der Waals surface area contributed by atoms with Crippen LogP contribution in [-0.4, -0.2) is 84.3 Å². The van der Waals surface area contributed by atoms with Gasteiger partial charge in [-0.05, 0) is 12.1 Å². The van der Waals surface area contributed by atoms with E-state index in [1.165, 1.54) is 0 Å². The first kappa shape index (κ1) is 17.9. The highest BCUT2D eigenvalue weighted by Crippen LogP contribution is 2.22. The molecule has 0 amide bonds. The van der Waals surface area contributed by atoms with Crippen LogP contribution in [0, 0.1) is 0 Å². The molecular weight excluding hydrogens is 332 g/mol. The van der Waals surface area contributed by atoms with E-state index in [0.717, 1.165) is 5.69 Å². The standard InChI is InChI=1S/C15H20N4O6/c20-8-11-12(21)13(22)14(23)15(25-11)24-6-3-9-7-19(18-17-9)10-1-4-16-5-2-10/h1-2,4-5,7,11-15,20-23H,3,6,8H2/t11-,12-,13+,14+,15+/m1/s1. The summed E-state index contributed by atoms with van der Waals surface area (Å²) in [4.78, 5) is 3.94. The van der Waals surface area contributed by atoms with E-state index in [1.54, 1.807) is 35.4 Å². The number of pyridine rings is 1. The fourth-order valence-corrected chi connectivity index (χ4v) is 2.52. The maximum atomic E-state index is 9.89. The lowest BCUT2D eigenvalue weighted by Crippen LogP contribution is -2.59. The van der Waals surface area contributed by atoms with Crippen LogP contribution in [0.4, 0.5) is 0 Å². The van der Waals surface area contributed by atoms with E-state index < -0.39 is 37.3 Å². The molecule has 10 nitrogen and oxygen atoms in total. The molecule has 0 spiro atoms. The first-order chi connectivity index (χ1) is 12.1. The van der Waals surface area contributed by atoms with Gasteiger partial charge in [-0.2, -0.15) is 0 Å². The summed E-state index contributed by atoms with van der Waals surface area (Å²) in [5.41, 5.74) is 1.49. The molecule has 0 bridgehead atoms. The molecule has 1 aliphatic rings. The molecule has 1 aliphatic heterocycles. The molecule has 25 heavy (non-hydrogen) atoms. The predicted molar refractivity (Wildman–Crippen MR) is 82.6 cm³/mol. The minimum atomic E-state index is -1.46. The Kier molecular flexibility index (Phi) is 5.68. The van der Waals surface area contributed by atoms with Gasteiger partial charge in [0.1, 0.15) is 24.4 Å². The van der Waals surface area contributed by atoms with Crippen LogP contribution in [0.5, 0.6) is 0 Å². The summed E-state index contributed by atoms with van der Waals surface area (Å²) in [7, 11) is 0. The minimum Gasteiger partial charge on any atom is -0.394 e. The Morgan fingerprint density at radius 3 is 2.60 bits per heavy atom. The Bertz CT molecular complexity index is 667. The molecule has 2 aromatic heterocycles. The molecule has 1 fully saturated rings. The third-order valence-corrected chi connectivity index (χ3v) is 3.96. The molecule has 0 aliphatic carbocycles. The van der Waals surface area contributed by atoms with Crippen molar-refractivity contribution in [3.63, 3.8) is 0 Å². The van der Waals surface area contributed by atoms with Crippen molar-refractivity contribution in [3.8, 4) is 5.69 Å². The van der Waals surface area contributed by atoms with Crippen molar-refractivity contribution in [2.24, 2.45) is 0 Å². The van der Waals surface area contributed by atoms with E-state index in [0.29, 0.717) is 12.1 Å². The lowest BCUT2D eigenvalue weighted by molar-refractivity contribution is -0.300. The maximum absolute atomic E-state index is 9.89. The molecule has 1 saturated heterocycles. The highest BCUT2D eigenvalue weighted by Gasteiger charge is 2.43. The molecular formula is C15H20N4O6. The van der Waals surface area contributed by atoms with Crippen LogP contribution in [0.15, 0.2) is 30.7 Å². The van der Waals surface area contributed by atoms with Gasteiger partial charge in [-0.1, -0.05) is 5.21 Å². The van der Waals surface area contributed by atoms with Gasteiger partial charge in [-0.25, -0.2) is 4.68 Å². The van der Waals surface area contributed by atoms with Gasteiger partial charge in [-0.15, -0.1) is 5.10 Å². The number of aliphatic hydroxyl groups excluding tert-OH is 4. The molecule has 0 saturated carbocycles. The van der Waals surface area contributed by atoms with Crippen LogP contribution >= 0.6 is 0 Å². The molecule has 3 heterocycles. The van der Waals surface area contributed by atoms with Gasteiger partial charge < -0.3 is 29.9 Å². The molecule has 3 rings (SSSR count). The zero-order valence-electron chi connectivity index (χ0n) is 13.3. The number of rotatable bonds is 6. The number of nitrogens with zero attached hydrogens (tertiary/aromatic N) is 4. The summed E-state index contributed by atoms with van der Waals surface area (Å²) < 4.78 is 12.3. The van der Waals surface area contributed by atoms with E-state index in [-0.39, 0.29) is 6.61 Å². The van der Waals surface area contributed by atoms with Crippen molar-refractivity contribution in [3.05, 3.63) is 36.4 Å². The SMILES string of the molecule is OC[C@H]1O[C@H](OCCc2cn(-c3ccncc3)nn2)[C@@H](O)[C@@H](O)[C@@H]1O. The fourth-order valence-electron chi connectivity index (χ4n) is 2.52. The van der Waals surface area contributed by atoms with E-state index in [9.17, 15) is 15.3 Å². The molecule has 0 aromatic carbocycles. The van der Waals surface area contributed by atoms with Crippen molar-refractivity contribution in [2.45, 2.75) is 37.1 Å². The monoisotopic (exact) mass is 352 g/mol. The number of hydrogen-bond donors (Lipinski definition) is 4. The Morgan fingerprint density at radius 2 is 1.88 bits per heavy atom. The van der Waals surface area contributed by atoms with E-state index in [2.05, 4.69) is 15.3 Å². The second-order valence-electron chi connectivity index (χ2n) is 5.68. The molecule has 2 aromatic rings. The predicted octanol–water partition coefficient (Wildman–Crippen LogP) is -1.98. The summed E-state index contributed by atoms with van der Waals surface area (Å²) >= 11 is 0. The number of aromatic nitrogens is 4. The number of ether oxygens (including phenoxy) is 2. The van der Waals surface area contributed by atoms with Gasteiger partial charge in [0.25, 0.3) is 0 Å². The van der Waals surface area contributed by atoms with Gasteiger partial charge in [0.05, 0.1) is 30.8 Å². The molecule has 136 valence electrons. The van der Waals surface area contributed by atoms with Crippen molar-refractivity contribution in [1.29, 1.82) is 0 Å². The zero-order valence-corrected chi connectivity index (χ0v) is 13.3. The lowest BCUT2D eigenvalue weighted by atomic mass is 9.99. The number of aliphatic hydroxyl groups is 4. The summed E-state index contributed by atoms with van der Waals surface area (Å²) in [5.74, 6) is 0. The van der Waals surface area contributed by atoms with Crippen molar-refractivity contribution >= 4 is 0 Å². The first-order valence-corrected chi connectivity index (χ1v) is 7.84. The van der Waals surface area contributed by atoms with Crippen molar-refractivity contribution in [1.82, 2.24) is 20.0 Å². The first-order valence-electron chi connectivity index (χ1n) is 7.84. The molecule has 10 heteroatoms. The summed E-state index contributed by atoms with van der Waals surface area (Å²) in [5, 5.41) is 46.5. The summed E-state index contributed by atoms with van der Waals surface area (Å²) in [6.07, 6.45) is -0.959. The molecule has 5 atom stereocenters. The highest BCUT2D eigenvalue weighted by molar-refractivity contribution is 5.27. The highest BCUT2D eigenvalue weighted by atomic mass is 16.7. The van der Waals surface area contributed by atoms with Crippen LogP contribution in [0.25, 0.3) is 5.69 Å². The van der Waals surface area contributed by atoms with Crippen molar-refractivity contribution < 1.29 is 29.9 Å². The average molecular weight is 352 g/mol. The summed E-state index contributed by atoms with van der Waals surface area (Å²) in [6.45, 7) is -0.344. The van der Waals surface area contributed by atoms with Crippen LogP contribution in [0.3, 0.4) is 0 Å². The smallest absolute Gasteiger partial charge is 0.186 e. The van der Waals surface area contributed by atoms with E-state index >= 15 is 0 Å². The fraction of sp³-hybridized carbons (Fsp3) is 0.533. The van der Waals surface area contributed by atoms with Gasteiger partial charge in [0.2, 0.25) is 0 Å². The summed E-state index contributed by atoms with van der Waals surface area (Å²) in [6, 6.07) is 3.59. The van der Waals surface area contributed by atoms with Gasteiger partial charge in [-0.3, -0.25) is 4.98 Å². The Balaban J connectivity index is 1.53. The van der Waals surface area contributed by atoms with Gasteiger partial charge in [0.15, 0.2) is 6.29 Å². The van der Waals surface area contributed by atoms with E-state index in [4.69, 9.17) is 14.6 Å².